The summed E-state index contributed by atoms with van der Waals surface area (Å²) in [6, 6.07) is 0. The molecular formula is C45H78NO8P. The van der Waals surface area contributed by atoms with Gasteiger partial charge < -0.3 is 20.1 Å². The molecule has 3 N–H and O–H groups in total. The SMILES string of the molecule is C=CCCCCCCCCCCCCCCCC(=O)OC[C@H](COP(=O)(O)OCCN)OC(=O)CC/C=C/C/C=C/C/C=C/C/C=C/C/C=C/CCCCC. The second kappa shape index (κ2) is 41.1. The Morgan fingerprint density at radius 2 is 1.07 bits per heavy atom. The van der Waals surface area contributed by atoms with Gasteiger partial charge in [-0.2, -0.15) is 0 Å². The highest BCUT2D eigenvalue weighted by Crippen LogP contribution is 2.43. The third-order valence-corrected chi connectivity index (χ3v) is 9.71. The topological polar surface area (TPSA) is 134 Å². The third-order valence-electron chi connectivity index (χ3n) is 8.72. The number of rotatable bonds is 40. The molecule has 0 saturated heterocycles. The van der Waals surface area contributed by atoms with Crippen molar-refractivity contribution >= 4 is 19.8 Å². The number of unbranched alkanes of at least 4 members (excludes halogenated alkanes) is 16. The maximum Gasteiger partial charge on any atom is 0.472 e. The van der Waals surface area contributed by atoms with E-state index in [1.807, 2.05) is 18.2 Å². The van der Waals surface area contributed by atoms with Crippen molar-refractivity contribution in [3.63, 3.8) is 0 Å². The Balaban J connectivity index is 4.29. The monoisotopic (exact) mass is 792 g/mol. The summed E-state index contributed by atoms with van der Waals surface area (Å²) in [5.41, 5.74) is 5.34. The summed E-state index contributed by atoms with van der Waals surface area (Å²) in [7, 11) is -4.40. The van der Waals surface area contributed by atoms with E-state index in [1.165, 1.54) is 89.9 Å². The number of carbonyl (C=O) groups excluding carboxylic acids is 2. The minimum atomic E-state index is -4.40. The van der Waals surface area contributed by atoms with Gasteiger partial charge in [-0.1, -0.05) is 157 Å². The summed E-state index contributed by atoms with van der Waals surface area (Å²) < 4.78 is 32.7. The number of hydrogen-bond acceptors (Lipinski definition) is 8. The van der Waals surface area contributed by atoms with E-state index in [9.17, 15) is 19.0 Å². The van der Waals surface area contributed by atoms with Crippen molar-refractivity contribution in [3.8, 4) is 0 Å². The lowest BCUT2D eigenvalue weighted by molar-refractivity contribution is -0.161. The molecule has 0 fully saturated rings. The molecule has 0 aromatic rings. The highest BCUT2D eigenvalue weighted by Gasteiger charge is 2.25. The van der Waals surface area contributed by atoms with Crippen molar-refractivity contribution < 1.29 is 37.6 Å². The van der Waals surface area contributed by atoms with Gasteiger partial charge in [0.05, 0.1) is 13.2 Å². The zero-order chi connectivity index (χ0) is 40.3. The predicted octanol–water partition coefficient (Wildman–Crippen LogP) is 12.3. The average molecular weight is 792 g/mol. The van der Waals surface area contributed by atoms with Crippen LogP contribution in [0, 0.1) is 0 Å². The van der Waals surface area contributed by atoms with Crippen LogP contribution in [0.2, 0.25) is 0 Å². The van der Waals surface area contributed by atoms with Gasteiger partial charge in [0, 0.05) is 19.4 Å². The maximum absolute atomic E-state index is 12.5. The van der Waals surface area contributed by atoms with E-state index in [-0.39, 0.29) is 32.6 Å². The number of hydrogen-bond donors (Lipinski definition) is 2. The van der Waals surface area contributed by atoms with E-state index in [2.05, 4.69) is 62.1 Å². The van der Waals surface area contributed by atoms with Crippen LogP contribution in [0.25, 0.3) is 0 Å². The van der Waals surface area contributed by atoms with E-state index >= 15 is 0 Å². The lowest BCUT2D eigenvalue weighted by Crippen LogP contribution is -2.29. The molecule has 0 heterocycles. The number of allylic oxidation sites excluding steroid dienone is 11. The van der Waals surface area contributed by atoms with E-state index in [0.29, 0.717) is 6.42 Å². The van der Waals surface area contributed by atoms with Crippen LogP contribution in [0.4, 0.5) is 0 Å². The first-order chi connectivity index (χ1) is 26.8. The van der Waals surface area contributed by atoms with E-state index in [4.69, 9.17) is 24.3 Å². The minimum absolute atomic E-state index is 0.0387. The smallest absolute Gasteiger partial charge is 0.462 e. The molecule has 0 aromatic carbocycles. The van der Waals surface area contributed by atoms with Gasteiger partial charge in [0.2, 0.25) is 0 Å². The normalized spacial score (nSPS) is 13.8. The number of ether oxygens (including phenoxy) is 2. The summed E-state index contributed by atoms with van der Waals surface area (Å²) in [6.45, 7) is 5.12. The van der Waals surface area contributed by atoms with Crippen LogP contribution in [0.1, 0.15) is 167 Å². The van der Waals surface area contributed by atoms with Crippen LogP contribution in [0.3, 0.4) is 0 Å². The summed E-state index contributed by atoms with van der Waals surface area (Å²) in [5.74, 6) is -0.932. The number of carbonyl (C=O) groups is 2. The van der Waals surface area contributed by atoms with Gasteiger partial charge >= 0.3 is 19.8 Å². The summed E-state index contributed by atoms with van der Waals surface area (Å²) in [5, 5.41) is 0. The third kappa shape index (κ3) is 40.9. The highest BCUT2D eigenvalue weighted by atomic mass is 31.2. The molecule has 0 saturated carbocycles. The fraction of sp³-hybridized carbons (Fsp3) is 0.689. The van der Waals surface area contributed by atoms with Gasteiger partial charge in [0.25, 0.3) is 0 Å². The standard InChI is InChI=1S/C45H78NO8P/c1-3-5-7-9-11-13-15-17-19-20-21-22-24-26-28-30-32-34-36-38-45(48)54-43(42-53-55(49,50)52-40-39-46)41-51-44(47)37-35-33-31-29-27-25-23-18-16-14-12-10-8-6-4-2/h4,11,13,17,19,21-22,26,28,32,34,43H,2-3,5-10,12,14-16,18,20,23-25,27,29-31,33,35-42,46H2,1H3,(H,49,50)/b13-11+,19-17+,22-21+,28-26+,34-32+/t43-/m1/s1. The molecule has 0 bridgehead atoms. The Morgan fingerprint density at radius 1 is 0.600 bits per heavy atom. The Labute approximate surface area is 335 Å². The molecule has 2 atom stereocenters. The van der Waals surface area contributed by atoms with Crippen molar-refractivity contribution in [1.82, 2.24) is 0 Å². The average Bonchev–Trinajstić information content (AvgIpc) is 3.17. The minimum Gasteiger partial charge on any atom is -0.462 e. The van der Waals surface area contributed by atoms with Crippen LogP contribution in [-0.4, -0.2) is 49.3 Å². The number of phosphoric acid groups is 1. The van der Waals surface area contributed by atoms with E-state index in [1.54, 1.807) is 0 Å². The van der Waals surface area contributed by atoms with Gasteiger partial charge in [-0.15, -0.1) is 6.58 Å². The van der Waals surface area contributed by atoms with Crippen molar-refractivity contribution in [2.24, 2.45) is 5.73 Å². The molecule has 9 nitrogen and oxygen atoms in total. The van der Waals surface area contributed by atoms with Crippen molar-refractivity contribution in [2.45, 2.75) is 174 Å². The first kappa shape index (κ1) is 52.5. The molecule has 316 valence electrons. The molecule has 10 heteroatoms. The van der Waals surface area contributed by atoms with Crippen molar-refractivity contribution in [3.05, 3.63) is 73.4 Å². The molecule has 0 radical (unpaired) electrons. The van der Waals surface area contributed by atoms with E-state index < -0.39 is 32.5 Å². The zero-order valence-corrected chi connectivity index (χ0v) is 35.4. The lowest BCUT2D eigenvalue weighted by atomic mass is 10.0. The highest BCUT2D eigenvalue weighted by molar-refractivity contribution is 7.47. The lowest BCUT2D eigenvalue weighted by Gasteiger charge is -2.19. The number of esters is 2. The number of nitrogens with two attached hydrogens (primary N) is 1. The molecule has 0 aliphatic carbocycles. The Bertz CT molecular complexity index is 1120. The van der Waals surface area contributed by atoms with Crippen molar-refractivity contribution in [1.29, 1.82) is 0 Å². The van der Waals surface area contributed by atoms with Gasteiger partial charge in [-0.3, -0.25) is 18.6 Å². The maximum atomic E-state index is 12.5. The molecule has 0 aromatic heterocycles. The van der Waals surface area contributed by atoms with Crippen molar-refractivity contribution in [2.75, 3.05) is 26.4 Å². The second-order valence-electron chi connectivity index (χ2n) is 13.9. The Morgan fingerprint density at radius 3 is 1.58 bits per heavy atom. The quantitative estimate of drug-likeness (QED) is 0.0269. The largest absolute Gasteiger partial charge is 0.472 e. The fourth-order valence-corrected chi connectivity index (χ4v) is 6.30. The zero-order valence-electron chi connectivity index (χ0n) is 34.5. The molecular weight excluding hydrogens is 713 g/mol. The van der Waals surface area contributed by atoms with Gasteiger partial charge in [0.1, 0.15) is 6.61 Å². The predicted molar refractivity (Wildman–Crippen MR) is 229 cm³/mol. The van der Waals surface area contributed by atoms with Crippen LogP contribution >= 0.6 is 7.82 Å². The molecule has 0 spiro atoms. The van der Waals surface area contributed by atoms with Gasteiger partial charge in [0.15, 0.2) is 6.10 Å². The summed E-state index contributed by atoms with van der Waals surface area (Å²) in [6.07, 6.45) is 48.4. The first-order valence-corrected chi connectivity index (χ1v) is 22.9. The molecule has 0 rings (SSSR count). The van der Waals surface area contributed by atoms with Crippen LogP contribution in [0.5, 0.6) is 0 Å². The second-order valence-corrected chi connectivity index (χ2v) is 15.4. The van der Waals surface area contributed by atoms with Crippen LogP contribution < -0.4 is 5.73 Å². The first-order valence-electron chi connectivity index (χ1n) is 21.4. The van der Waals surface area contributed by atoms with Gasteiger partial charge in [-0.25, -0.2) is 4.57 Å². The van der Waals surface area contributed by atoms with Gasteiger partial charge in [-0.05, 0) is 64.2 Å². The molecule has 1 unspecified atom stereocenters. The fourth-order valence-electron chi connectivity index (χ4n) is 5.54. The number of phosphoric ester groups is 1. The summed E-state index contributed by atoms with van der Waals surface area (Å²) >= 11 is 0. The molecule has 55 heavy (non-hydrogen) atoms. The van der Waals surface area contributed by atoms with Crippen LogP contribution in [-0.2, 0) is 32.7 Å². The Kier molecular flexibility index (Phi) is 39.2. The summed E-state index contributed by atoms with van der Waals surface area (Å²) in [4.78, 5) is 34.8. The molecule has 0 amide bonds. The van der Waals surface area contributed by atoms with E-state index in [0.717, 1.165) is 51.4 Å². The molecule has 0 aliphatic rings. The molecule has 0 aliphatic heterocycles. The Hall–Kier alpha value is -2.55. The van der Waals surface area contributed by atoms with Crippen LogP contribution in [0.15, 0.2) is 73.4 Å².